The van der Waals surface area contributed by atoms with Crippen LogP contribution >= 0.6 is 0 Å². The van der Waals surface area contributed by atoms with Gasteiger partial charge in [0.2, 0.25) is 0 Å². The number of H-pyrrole nitrogens is 1. The lowest BCUT2D eigenvalue weighted by Gasteiger charge is -2.14. The molecule has 0 aliphatic heterocycles. The Bertz CT molecular complexity index is 1120. The molecule has 8 nitrogen and oxygen atoms in total. The van der Waals surface area contributed by atoms with Gasteiger partial charge >= 0.3 is 0 Å². The molecule has 0 radical (unpaired) electrons. The number of rotatable bonds is 7. The third kappa shape index (κ3) is 4.09. The second-order valence-electron chi connectivity index (χ2n) is 6.46. The van der Waals surface area contributed by atoms with Crippen molar-refractivity contribution in [2.24, 2.45) is 0 Å². The van der Waals surface area contributed by atoms with E-state index in [0.29, 0.717) is 41.4 Å². The zero-order valence-corrected chi connectivity index (χ0v) is 16.8. The molecule has 0 aliphatic rings. The Morgan fingerprint density at radius 3 is 2.48 bits per heavy atom. The SMILES string of the molecule is COc1cc(OC)c2c(=O)[nH]c(-c3cc(C)c(OCCNC#N)c(C)c3)nc2c1. The standard InChI is InChI=1S/C21H22N4O4/c1-12-7-14(8-13(2)19(12)29-6-5-23-11-22)20-24-16-9-15(27-3)10-17(28-4)18(16)21(26)25-20/h7-10,23H,5-6H2,1-4H3,(H,24,25,26). The lowest BCUT2D eigenvalue weighted by atomic mass is 10.0. The second-order valence-corrected chi connectivity index (χ2v) is 6.46. The van der Waals surface area contributed by atoms with E-state index >= 15 is 0 Å². The summed E-state index contributed by atoms with van der Waals surface area (Å²) in [5.74, 6) is 2.16. The molecule has 2 aromatic carbocycles. The first kappa shape index (κ1) is 20.0. The quantitative estimate of drug-likeness (QED) is 0.360. The van der Waals surface area contributed by atoms with Gasteiger partial charge in [-0.3, -0.25) is 4.79 Å². The number of benzene rings is 2. The van der Waals surface area contributed by atoms with Gasteiger partial charge in [0.1, 0.15) is 35.1 Å². The highest BCUT2D eigenvalue weighted by molar-refractivity contribution is 5.87. The Balaban J connectivity index is 2.04. The number of aromatic nitrogens is 2. The number of ether oxygens (including phenoxy) is 3. The molecule has 3 aromatic rings. The maximum absolute atomic E-state index is 12.7. The van der Waals surface area contributed by atoms with Crippen LogP contribution < -0.4 is 25.1 Å². The minimum absolute atomic E-state index is 0.289. The molecular formula is C21H22N4O4. The van der Waals surface area contributed by atoms with Crippen molar-refractivity contribution in [1.82, 2.24) is 15.3 Å². The molecule has 0 amide bonds. The van der Waals surface area contributed by atoms with Crippen molar-refractivity contribution in [2.75, 3.05) is 27.4 Å². The molecule has 0 unspecified atom stereocenters. The lowest BCUT2D eigenvalue weighted by molar-refractivity contribution is 0.317. The van der Waals surface area contributed by atoms with Crippen LogP contribution in [0.1, 0.15) is 11.1 Å². The van der Waals surface area contributed by atoms with Crippen LogP contribution in [0.25, 0.3) is 22.3 Å². The molecule has 2 N–H and O–H groups in total. The Labute approximate surface area is 168 Å². The summed E-state index contributed by atoms with van der Waals surface area (Å²) in [6, 6.07) is 7.17. The van der Waals surface area contributed by atoms with Crippen LogP contribution in [-0.2, 0) is 0 Å². The van der Waals surface area contributed by atoms with Crippen LogP contribution in [0.5, 0.6) is 17.2 Å². The fraction of sp³-hybridized carbons (Fsp3) is 0.286. The number of aryl methyl sites for hydroxylation is 2. The van der Waals surface area contributed by atoms with E-state index in [1.54, 1.807) is 19.2 Å². The summed E-state index contributed by atoms with van der Waals surface area (Å²) >= 11 is 0. The predicted molar refractivity (Wildman–Crippen MR) is 109 cm³/mol. The highest BCUT2D eigenvalue weighted by Crippen LogP contribution is 2.31. The van der Waals surface area contributed by atoms with Gasteiger partial charge < -0.3 is 24.5 Å². The Kier molecular flexibility index (Phi) is 5.88. The molecule has 1 aromatic heterocycles. The normalized spacial score (nSPS) is 10.4. The van der Waals surface area contributed by atoms with Gasteiger partial charge in [-0.1, -0.05) is 0 Å². The van der Waals surface area contributed by atoms with E-state index in [9.17, 15) is 4.79 Å². The molecule has 0 bridgehead atoms. The Morgan fingerprint density at radius 1 is 1.14 bits per heavy atom. The maximum atomic E-state index is 12.7. The molecule has 0 aliphatic carbocycles. The fourth-order valence-corrected chi connectivity index (χ4v) is 3.20. The average molecular weight is 394 g/mol. The van der Waals surface area contributed by atoms with Crippen LogP contribution in [0.15, 0.2) is 29.1 Å². The lowest BCUT2D eigenvalue weighted by Crippen LogP contribution is -2.16. The fourth-order valence-electron chi connectivity index (χ4n) is 3.20. The molecule has 1 heterocycles. The largest absolute Gasteiger partial charge is 0.497 e. The number of hydrogen-bond acceptors (Lipinski definition) is 7. The smallest absolute Gasteiger partial charge is 0.262 e. The molecule has 0 fully saturated rings. The van der Waals surface area contributed by atoms with E-state index in [0.717, 1.165) is 22.4 Å². The number of fused-ring (bicyclic) bond motifs is 1. The van der Waals surface area contributed by atoms with Crippen molar-refractivity contribution in [3.8, 4) is 34.8 Å². The molecule has 150 valence electrons. The molecule has 3 rings (SSSR count). The maximum Gasteiger partial charge on any atom is 0.262 e. The molecule has 29 heavy (non-hydrogen) atoms. The number of nitriles is 1. The summed E-state index contributed by atoms with van der Waals surface area (Å²) < 4.78 is 16.4. The molecule has 0 atom stereocenters. The number of hydrogen-bond donors (Lipinski definition) is 2. The Morgan fingerprint density at radius 2 is 1.86 bits per heavy atom. The highest BCUT2D eigenvalue weighted by Gasteiger charge is 2.15. The van der Waals surface area contributed by atoms with Crippen molar-refractivity contribution in [3.05, 3.63) is 45.7 Å². The van der Waals surface area contributed by atoms with Gasteiger partial charge in [-0.15, -0.1) is 0 Å². The monoisotopic (exact) mass is 394 g/mol. The van der Waals surface area contributed by atoms with Crippen LogP contribution in [0.3, 0.4) is 0 Å². The van der Waals surface area contributed by atoms with Gasteiger partial charge in [0.25, 0.3) is 5.56 Å². The van der Waals surface area contributed by atoms with Crippen molar-refractivity contribution in [2.45, 2.75) is 13.8 Å². The molecule has 0 saturated heterocycles. The van der Waals surface area contributed by atoms with Gasteiger partial charge in [0.15, 0.2) is 6.19 Å². The molecule has 8 heteroatoms. The number of methoxy groups -OCH3 is 2. The number of nitrogens with one attached hydrogen (secondary N) is 2. The summed E-state index contributed by atoms with van der Waals surface area (Å²) in [6.07, 6.45) is 1.86. The summed E-state index contributed by atoms with van der Waals surface area (Å²) in [4.78, 5) is 20.2. The summed E-state index contributed by atoms with van der Waals surface area (Å²) in [6.45, 7) is 4.66. The first-order valence-electron chi connectivity index (χ1n) is 9.01. The number of aromatic amines is 1. The van der Waals surface area contributed by atoms with Crippen LogP contribution in [0.4, 0.5) is 0 Å². The first-order chi connectivity index (χ1) is 14.0. The zero-order chi connectivity index (χ0) is 21.0. The van der Waals surface area contributed by atoms with Crippen LogP contribution in [-0.4, -0.2) is 37.3 Å². The van der Waals surface area contributed by atoms with E-state index in [4.69, 9.17) is 19.5 Å². The highest BCUT2D eigenvalue weighted by atomic mass is 16.5. The van der Waals surface area contributed by atoms with Crippen molar-refractivity contribution < 1.29 is 14.2 Å². The third-order valence-electron chi connectivity index (χ3n) is 4.49. The Hall–Kier alpha value is -3.73. The van der Waals surface area contributed by atoms with Gasteiger partial charge in [0, 0.05) is 17.7 Å². The zero-order valence-electron chi connectivity index (χ0n) is 16.8. The summed E-state index contributed by atoms with van der Waals surface area (Å²) in [7, 11) is 3.05. The van der Waals surface area contributed by atoms with E-state index in [2.05, 4.69) is 15.3 Å². The van der Waals surface area contributed by atoms with Gasteiger partial charge in [0.05, 0.1) is 26.3 Å². The first-order valence-corrected chi connectivity index (χ1v) is 9.01. The van der Waals surface area contributed by atoms with Gasteiger partial charge in [-0.25, -0.2) is 4.98 Å². The predicted octanol–water partition coefficient (Wildman–Crippen LogP) is 2.67. The van der Waals surface area contributed by atoms with Crippen molar-refractivity contribution in [3.63, 3.8) is 0 Å². The third-order valence-corrected chi connectivity index (χ3v) is 4.49. The van der Waals surface area contributed by atoms with E-state index in [-0.39, 0.29) is 5.56 Å². The summed E-state index contributed by atoms with van der Waals surface area (Å²) in [5, 5.41) is 11.4. The molecular weight excluding hydrogens is 372 g/mol. The molecule has 0 spiro atoms. The second kappa shape index (κ2) is 8.52. The van der Waals surface area contributed by atoms with E-state index < -0.39 is 0 Å². The van der Waals surface area contributed by atoms with Gasteiger partial charge in [-0.2, -0.15) is 5.26 Å². The van der Waals surface area contributed by atoms with E-state index in [1.807, 2.05) is 32.2 Å². The van der Waals surface area contributed by atoms with Gasteiger partial charge in [-0.05, 0) is 37.1 Å². The van der Waals surface area contributed by atoms with Crippen LogP contribution in [0.2, 0.25) is 0 Å². The van der Waals surface area contributed by atoms with Crippen molar-refractivity contribution in [1.29, 1.82) is 5.26 Å². The minimum Gasteiger partial charge on any atom is -0.497 e. The van der Waals surface area contributed by atoms with Crippen LogP contribution in [0, 0.1) is 25.3 Å². The number of nitrogens with zero attached hydrogens (tertiary/aromatic N) is 2. The topological polar surface area (TPSA) is 109 Å². The van der Waals surface area contributed by atoms with Crippen molar-refractivity contribution >= 4 is 10.9 Å². The molecule has 0 saturated carbocycles. The minimum atomic E-state index is -0.289. The average Bonchev–Trinajstić information content (AvgIpc) is 2.71. The summed E-state index contributed by atoms with van der Waals surface area (Å²) in [5.41, 5.74) is 2.77. The van der Waals surface area contributed by atoms with E-state index in [1.165, 1.54) is 7.11 Å².